The van der Waals surface area contributed by atoms with Crippen LogP contribution in [0.15, 0.2) is 24.4 Å². The summed E-state index contributed by atoms with van der Waals surface area (Å²) in [7, 11) is 0. The highest BCUT2D eigenvalue weighted by Crippen LogP contribution is 2.18. The van der Waals surface area contributed by atoms with Crippen molar-refractivity contribution in [2.75, 3.05) is 6.54 Å². The van der Waals surface area contributed by atoms with Gasteiger partial charge in [-0.1, -0.05) is 58.4 Å². The summed E-state index contributed by atoms with van der Waals surface area (Å²) in [5, 5.41) is 3.63. The summed E-state index contributed by atoms with van der Waals surface area (Å²) in [6, 6.07) is 6.66. The molecule has 1 aromatic heterocycles. The minimum Gasteiger partial charge on any atom is -0.309 e. The monoisotopic (exact) mass is 262 g/mol. The number of aromatic nitrogens is 1. The average Bonchev–Trinajstić information content (AvgIpc) is 2.46. The van der Waals surface area contributed by atoms with Gasteiger partial charge in [0.25, 0.3) is 0 Å². The predicted octanol–water partition coefficient (Wildman–Crippen LogP) is 4.87. The molecule has 0 saturated carbocycles. The number of rotatable bonds is 11. The van der Waals surface area contributed by atoms with Gasteiger partial charge < -0.3 is 5.32 Å². The van der Waals surface area contributed by atoms with E-state index in [1.807, 2.05) is 12.3 Å². The summed E-state index contributed by atoms with van der Waals surface area (Å²) in [6.07, 6.45) is 12.5. The van der Waals surface area contributed by atoms with Crippen molar-refractivity contribution in [3.8, 4) is 0 Å². The van der Waals surface area contributed by atoms with E-state index in [4.69, 9.17) is 0 Å². The lowest BCUT2D eigenvalue weighted by Gasteiger charge is -2.17. The van der Waals surface area contributed by atoms with Crippen LogP contribution in [-0.4, -0.2) is 11.5 Å². The third-order valence-corrected chi connectivity index (χ3v) is 3.53. The van der Waals surface area contributed by atoms with E-state index >= 15 is 0 Å². The Bertz CT molecular complexity index is 297. The van der Waals surface area contributed by atoms with E-state index in [9.17, 15) is 0 Å². The zero-order valence-electron chi connectivity index (χ0n) is 12.7. The Morgan fingerprint density at radius 3 is 2.47 bits per heavy atom. The first kappa shape index (κ1) is 16.2. The molecule has 0 saturated heterocycles. The molecule has 0 aliphatic carbocycles. The smallest absolute Gasteiger partial charge is 0.0573 e. The SMILES string of the molecule is CCCCCCCCC(NCCC)c1ccccn1. The van der Waals surface area contributed by atoms with Gasteiger partial charge in [0, 0.05) is 12.2 Å². The zero-order chi connectivity index (χ0) is 13.8. The van der Waals surface area contributed by atoms with E-state index in [2.05, 4.69) is 36.3 Å². The van der Waals surface area contributed by atoms with Crippen LogP contribution < -0.4 is 5.32 Å². The molecule has 2 heteroatoms. The molecule has 1 N–H and O–H groups in total. The number of pyridine rings is 1. The molecule has 108 valence electrons. The fourth-order valence-corrected chi connectivity index (χ4v) is 2.38. The largest absolute Gasteiger partial charge is 0.309 e. The molecule has 0 fully saturated rings. The van der Waals surface area contributed by atoms with Crippen LogP contribution in [0.5, 0.6) is 0 Å². The summed E-state index contributed by atoms with van der Waals surface area (Å²) in [6.45, 7) is 5.57. The number of nitrogens with zero attached hydrogens (tertiary/aromatic N) is 1. The van der Waals surface area contributed by atoms with Gasteiger partial charge in [-0.2, -0.15) is 0 Å². The van der Waals surface area contributed by atoms with Gasteiger partial charge in [0.2, 0.25) is 0 Å². The molecule has 19 heavy (non-hydrogen) atoms. The minimum absolute atomic E-state index is 0.437. The molecule has 0 aromatic carbocycles. The fraction of sp³-hybridized carbons (Fsp3) is 0.706. The number of hydrogen-bond acceptors (Lipinski definition) is 2. The normalized spacial score (nSPS) is 12.5. The van der Waals surface area contributed by atoms with Gasteiger partial charge >= 0.3 is 0 Å². The molecule has 0 aliphatic rings. The van der Waals surface area contributed by atoms with Crippen molar-refractivity contribution >= 4 is 0 Å². The van der Waals surface area contributed by atoms with E-state index in [0.717, 1.165) is 6.54 Å². The Morgan fingerprint density at radius 1 is 1.00 bits per heavy atom. The predicted molar refractivity (Wildman–Crippen MR) is 83.3 cm³/mol. The van der Waals surface area contributed by atoms with E-state index in [1.54, 1.807) is 0 Å². The molecule has 0 bridgehead atoms. The quantitative estimate of drug-likeness (QED) is 0.575. The maximum atomic E-state index is 4.50. The Labute approximate surface area is 119 Å². The second kappa shape index (κ2) is 11.0. The molecule has 1 atom stereocenters. The van der Waals surface area contributed by atoms with E-state index in [1.165, 1.54) is 57.1 Å². The van der Waals surface area contributed by atoms with Gasteiger partial charge in [0.05, 0.1) is 5.69 Å². The molecule has 0 radical (unpaired) electrons. The summed E-state index contributed by atoms with van der Waals surface area (Å²) in [5.41, 5.74) is 1.20. The van der Waals surface area contributed by atoms with Crippen LogP contribution in [0, 0.1) is 0 Å². The molecule has 2 nitrogen and oxygen atoms in total. The van der Waals surface area contributed by atoms with E-state index < -0.39 is 0 Å². The van der Waals surface area contributed by atoms with Crippen molar-refractivity contribution in [2.24, 2.45) is 0 Å². The minimum atomic E-state index is 0.437. The molecule has 0 amide bonds. The third-order valence-electron chi connectivity index (χ3n) is 3.53. The van der Waals surface area contributed by atoms with Gasteiger partial charge in [0.1, 0.15) is 0 Å². The highest BCUT2D eigenvalue weighted by Gasteiger charge is 2.10. The first-order valence-corrected chi connectivity index (χ1v) is 8.02. The summed E-state index contributed by atoms with van der Waals surface area (Å²) in [4.78, 5) is 4.50. The van der Waals surface area contributed by atoms with Crippen molar-refractivity contribution in [2.45, 2.75) is 71.3 Å². The van der Waals surface area contributed by atoms with E-state index in [-0.39, 0.29) is 0 Å². The zero-order valence-corrected chi connectivity index (χ0v) is 12.7. The first-order chi connectivity index (χ1) is 9.38. The van der Waals surface area contributed by atoms with Crippen molar-refractivity contribution < 1.29 is 0 Å². The fourth-order valence-electron chi connectivity index (χ4n) is 2.38. The highest BCUT2D eigenvalue weighted by atomic mass is 14.9. The number of unbranched alkanes of at least 4 members (excludes halogenated alkanes) is 5. The molecule has 0 aliphatic heterocycles. The van der Waals surface area contributed by atoms with Crippen LogP contribution in [0.3, 0.4) is 0 Å². The summed E-state index contributed by atoms with van der Waals surface area (Å²) < 4.78 is 0. The Balaban J connectivity index is 2.30. The second-order valence-electron chi connectivity index (χ2n) is 5.32. The van der Waals surface area contributed by atoms with Gasteiger partial charge in [0.15, 0.2) is 0 Å². The second-order valence-corrected chi connectivity index (χ2v) is 5.32. The molecule has 1 heterocycles. The topological polar surface area (TPSA) is 24.9 Å². The van der Waals surface area contributed by atoms with Gasteiger partial charge in [-0.25, -0.2) is 0 Å². The Morgan fingerprint density at radius 2 is 1.79 bits per heavy atom. The summed E-state index contributed by atoms with van der Waals surface area (Å²) >= 11 is 0. The Hall–Kier alpha value is -0.890. The maximum Gasteiger partial charge on any atom is 0.0573 e. The van der Waals surface area contributed by atoms with Gasteiger partial charge in [-0.15, -0.1) is 0 Å². The van der Waals surface area contributed by atoms with Crippen LogP contribution >= 0.6 is 0 Å². The third kappa shape index (κ3) is 7.31. The highest BCUT2D eigenvalue weighted by molar-refractivity contribution is 5.08. The molecule has 1 unspecified atom stereocenters. The molecule has 1 rings (SSSR count). The van der Waals surface area contributed by atoms with Crippen LogP contribution in [0.1, 0.15) is 76.9 Å². The van der Waals surface area contributed by atoms with Crippen LogP contribution in [0.2, 0.25) is 0 Å². The standard InChI is InChI=1S/C17H30N2/c1-3-5-6-7-8-9-12-16(18-14-4-2)17-13-10-11-15-19-17/h10-11,13,15-16,18H,3-9,12,14H2,1-2H3. The van der Waals surface area contributed by atoms with Crippen molar-refractivity contribution in [3.63, 3.8) is 0 Å². The van der Waals surface area contributed by atoms with Crippen LogP contribution in [0.25, 0.3) is 0 Å². The van der Waals surface area contributed by atoms with Crippen molar-refractivity contribution in [3.05, 3.63) is 30.1 Å². The molecule has 0 spiro atoms. The summed E-state index contributed by atoms with van der Waals surface area (Å²) in [5.74, 6) is 0. The van der Waals surface area contributed by atoms with Crippen molar-refractivity contribution in [1.29, 1.82) is 0 Å². The van der Waals surface area contributed by atoms with E-state index in [0.29, 0.717) is 6.04 Å². The van der Waals surface area contributed by atoms with Gasteiger partial charge in [-0.3, -0.25) is 4.98 Å². The van der Waals surface area contributed by atoms with Crippen LogP contribution in [0.4, 0.5) is 0 Å². The molecule has 1 aromatic rings. The lowest BCUT2D eigenvalue weighted by atomic mass is 10.0. The lowest BCUT2D eigenvalue weighted by Crippen LogP contribution is -2.23. The first-order valence-electron chi connectivity index (χ1n) is 8.02. The average molecular weight is 262 g/mol. The Kier molecular flexibility index (Phi) is 9.34. The number of nitrogens with one attached hydrogen (secondary N) is 1. The number of hydrogen-bond donors (Lipinski definition) is 1. The maximum absolute atomic E-state index is 4.50. The van der Waals surface area contributed by atoms with Crippen molar-refractivity contribution in [1.82, 2.24) is 10.3 Å². The molecular weight excluding hydrogens is 232 g/mol. The van der Waals surface area contributed by atoms with Gasteiger partial charge in [-0.05, 0) is 31.5 Å². The van der Waals surface area contributed by atoms with Crippen LogP contribution in [-0.2, 0) is 0 Å². The lowest BCUT2D eigenvalue weighted by molar-refractivity contribution is 0.458. The molecular formula is C17H30N2.